The summed E-state index contributed by atoms with van der Waals surface area (Å²) in [6.07, 6.45) is 0. The van der Waals surface area contributed by atoms with Gasteiger partial charge in [-0.3, -0.25) is 10.1 Å². The molecule has 23 heavy (non-hydrogen) atoms. The van der Waals surface area contributed by atoms with Crippen LogP contribution in [0.3, 0.4) is 0 Å². The zero-order valence-electron chi connectivity index (χ0n) is 12.6. The van der Waals surface area contributed by atoms with Gasteiger partial charge in [0, 0.05) is 23.3 Å². The first-order valence-corrected chi connectivity index (χ1v) is 7.18. The third-order valence-corrected chi connectivity index (χ3v) is 3.66. The third-order valence-electron chi connectivity index (χ3n) is 3.66. The largest absolute Gasteiger partial charge is 0.495 e. The number of non-ortho nitro benzene ring substituents is 1. The molecule has 0 fully saturated rings. The molecule has 0 spiro atoms. The van der Waals surface area contributed by atoms with Gasteiger partial charge in [-0.15, -0.1) is 0 Å². The number of nitro benzene ring substituents is 1. The molecular formula is C19H15NO3. The van der Waals surface area contributed by atoms with E-state index in [1.807, 2.05) is 60.7 Å². The average molecular weight is 305 g/mol. The summed E-state index contributed by atoms with van der Waals surface area (Å²) in [5, 5.41) is 11.3. The first kappa shape index (κ1) is 14.8. The van der Waals surface area contributed by atoms with Crippen molar-refractivity contribution in [2.45, 2.75) is 0 Å². The zero-order valence-corrected chi connectivity index (χ0v) is 12.6. The monoisotopic (exact) mass is 305 g/mol. The van der Waals surface area contributed by atoms with Crippen LogP contribution in [0.5, 0.6) is 5.75 Å². The summed E-state index contributed by atoms with van der Waals surface area (Å²) in [4.78, 5) is 11.0. The highest BCUT2D eigenvalue weighted by molar-refractivity contribution is 5.85. The van der Waals surface area contributed by atoms with Crippen molar-refractivity contribution in [1.29, 1.82) is 0 Å². The van der Waals surface area contributed by atoms with Crippen LogP contribution in [0.2, 0.25) is 0 Å². The standard InChI is InChI=1S/C19H15NO3/c1-23-19-17(14-8-4-2-5-9-14)12-16(20(21)22)13-18(19)15-10-6-3-7-11-15/h2-13H,1H3. The van der Waals surface area contributed by atoms with Gasteiger partial charge in [-0.25, -0.2) is 0 Å². The average Bonchev–Trinajstić information content (AvgIpc) is 2.62. The maximum Gasteiger partial charge on any atom is 0.270 e. The second kappa shape index (κ2) is 6.32. The molecule has 0 aliphatic heterocycles. The third kappa shape index (κ3) is 2.92. The predicted octanol–water partition coefficient (Wildman–Crippen LogP) is 4.94. The Morgan fingerprint density at radius 3 is 1.61 bits per heavy atom. The highest BCUT2D eigenvalue weighted by Gasteiger charge is 2.19. The topological polar surface area (TPSA) is 52.4 Å². The molecular weight excluding hydrogens is 290 g/mol. The van der Waals surface area contributed by atoms with E-state index in [-0.39, 0.29) is 10.6 Å². The lowest BCUT2D eigenvalue weighted by atomic mass is 9.96. The van der Waals surface area contributed by atoms with Crippen molar-refractivity contribution in [2.75, 3.05) is 7.11 Å². The summed E-state index contributed by atoms with van der Waals surface area (Å²) < 4.78 is 5.60. The number of hydrogen-bond donors (Lipinski definition) is 0. The molecule has 0 atom stereocenters. The first-order valence-electron chi connectivity index (χ1n) is 7.18. The van der Waals surface area contributed by atoms with Crippen LogP contribution in [0, 0.1) is 10.1 Å². The van der Waals surface area contributed by atoms with Crippen LogP contribution >= 0.6 is 0 Å². The normalized spacial score (nSPS) is 10.3. The van der Waals surface area contributed by atoms with E-state index in [2.05, 4.69) is 0 Å². The minimum absolute atomic E-state index is 0.0449. The highest BCUT2D eigenvalue weighted by Crippen LogP contribution is 2.41. The van der Waals surface area contributed by atoms with Gasteiger partial charge in [-0.2, -0.15) is 0 Å². The van der Waals surface area contributed by atoms with Crippen LogP contribution < -0.4 is 4.74 Å². The van der Waals surface area contributed by atoms with Crippen LogP contribution in [-0.2, 0) is 0 Å². The van der Waals surface area contributed by atoms with Crippen LogP contribution in [0.15, 0.2) is 72.8 Å². The molecule has 3 rings (SSSR count). The first-order chi connectivity index (χ1) is 11.2. The van der Waals surface area contributed by atoms with Crippen molar-refractivity contribution in [2.24, 2.45) is 0 Å². The fourth-order valence-electron chi connectivity index (χ4n) is 2.60. The maximum atomic E-state index is 11.3. The number of hydrogen-bond acceptors (Lipinski definition) is 3. The molecule has 0 saturated heterocycles. The zero-order chi connectivity index (χ0) is 16.2. The quantitative estimate of drug-likeness (QED) is 0.507. The Labute approximate surface area is 134 Å². The van der Waals surface area contributed by atoms with Crippen LogP contribution in [0.25, 0.3) is 22.3 Å². The molecule has 0 unspecified atom stereocenters. The maximum absolute atomic E-state index is 11.3. The van der Waals surface area contributed by atoms with Gasteiger partial charge in [0.05, 0.1) is 12.0 Å². The van der Waals surface area contributed by atoms with E-state index in [1.54, 1.807) is 19.2 Å². The fraction of sp³-hybridized carbons (Fsp3) is 0.0526. The van der Waals surface area contributed by atoms with E-state index in [1.165, 1.54) is 0 Å². The van der Waals surface area contributed by atoms with E-state index in [9.17, 15) is 10.1 Å². The Bertz CT molecular complexity index is 769. The Hall–Kier alpha value is -3.14. The number of ether oxygens (including phenoxy) is 1. The molecule has 0 amide bonds. The smallest absolute Gasteiger partial charge is 0.270 e. The number of rotatable bonds is 4. The van der Waals surface area contributed by atoms with Crippen molar-refractivity contribution in [1.82, 2.24) is 0 Å². The molecule has 3 aromatic rings. The number of nitrogens with zero attached hydrogens (tertiary/aromatic N) is 1. The Morgan fingerprint density at radius 2 is 1.26 bits per heavy atom. The van der Waals surface area contributed by atoms with Gasteiger partial charge < -0.3 is 4.74 Å². The Kier molecular flexibility index (Phi) is 4.06. The van der Waals surface area contributed by atoms with Gasteiger partial charge in [-0.05, 0) is 11.1 Å². The van der Waals surface area contributed by atoms with E-state index in [0.29, 0.717) is 16.9 Å². The molecule has 0 aromatic heterocycles. The molecule has 0 N–H and O–H groups in total. The number of benzene rings is 3. The summed E-state index contributed by atoms with van der Waals surface area (Å²) >= 11 is 0. The molecule has 0 bridgehead atoms. The minimum atomic E-state index is -0.377. The Morgan fingerprint density at radius 1 is 0.826 bits per heavy atom. The second-order valence-corrected chi connectivity index (χ2v) is 5.06. The van der Waals surface area contributed by atoms with E-state index in [0.717, 1.165) is 11.1 Å². The molecule has 4 nitrogen and oxygen atoms in total. The van der Waals surface area contributed by atoms with Crippen LogP contribution in [0.4, 0.5) is 5.69 Å². The van der Waals surface area contributed by atoms with E-state index in [4.69, 9.17) is 4.74 Å². The van der Waals surface area contributed by atoms with Crippen molar-refractivity contribution >= 4 is 5.69 Å². The summed E-state index contributed by atoms with van der Waals surface area (Å²) in [6, 6.07) is 22.2. The second-order valence-electron chi connectivity index (χ2n) is 5.06. The minimum Gasteiger partial charge on any atom is -0.495 e. The lowest BCUT2D eigenvalue weighted by Crippen LogP contribution is -1.96. The summed E-state index contributed by atoms with van der Waals surface area (Å²) in [7, 11) is 1.58. The lowest BCUT2D eigenvalue weighted by Gasteiger charge is -2.14. The number of methoxy groups -OCH3 is 1. The molecule has 0 aliphatic carbocycles. The SMILES string of the molecule is COc1c(-c2ccccc2)cc([N+](=O)[O-])cc1-c1ccccc1. The Balaban J connectivity index is 2.31. The van der Waals surface area contributed by atoms with Gasteiger partial charge in [0.1, 0.15) is 5.75 Å². The van der Waals surface area contributed by atoms with Gasteiger partial charge in [0.25, 0.3) is 5.69 Å². The van der Waals surface area contributed by atoms with E-state index < -0.39 is 0 Å². The molecule has 0 aliphatic rings. The van der Waals surface area contributed by atoms with Gasteiger partial charge in [0.2, 0.25) is 0 Å². The van der Waals surface area contributed by atoms with Crippen molar-refractivity contribution in [3.63, 3.8) is 0 Å². The molecule has 0 saturated carbocycles. The summed E-state index contributed by atoms with van der Waals surface area (Å²) in [6.45, 7) is 0. The van der Waals surface area contributed by atoms with Crippen LogP contribution in [0.1, 0.15) is 0 Å². The number of nitro groups is 1. The van der Waals surface area contributed by atoms with Crippen molar-refractivity contribution in [3.05, 3.63) is 82.9 Å². The van der Waals surface area contributed by atoms with E-state index >= 15 is 0 Å². The van der Waals surface area contributed by atoms with Gasteiger partial charge in [-0.1, -0.05) is 60.7 Å². The summed E-state index contributed by atoms with van der Waals surface area (Å²) in [5.41, 5.74) is 3.22. The molecule has 3 aromatic carbocycles. The molecule has 114 valence electrons. The molecule has 4 heteroatoms. The van der Waals surface area contributed by atoms with Crippen molar-refractivity contribution < 1.29 is 9.66 Å². The molecule has 0 heterocycles. The molecule has 0 radical (unpaired) electrons. The van der Waals surface area contributed by atoms with Crippen LogP contribution in [-0.4, -0.2) is 12.0 Å². The summed E-state index contributed by atoms with van der Waals surface area (Å²) in [5.74, 6) is 0.632. The van der Waals surface area contributed by atoms with Gasteiger partial charge in [0.15, 0.2) is 0 Å². The lowest BCUT2D eigenvalue weighted by molar-refractivity contribution is -0.384. The predicted molar refractivity (Wildman–Crippen MR) is 90.5 cm³/mol. The van der Waals surface area contributed by atoms with Gasteiger partial charge >= 0.3 is 0 Å². The fourth-order valence-corrected chi connectivity index (χ4v) is 2.60. The highest BCUT2D eigenvalue weighted by atomic mass is 16.6. The van der Waals surface area contributed by atoms with Crippen molar-refractivity contribution in [3.8, 4) is 28.0 Å².